The van der Waals surface area contributed by atoms with Crippen molar-refractivity contribution >= 4 is 34.0 Å². The van der Waals surface area contributed by atoms with E-state index < -0.39 is 5.60 Å². The second kappa shape index (κ2) is 5.61. The maximum Gasteiger partial charge on any atom is 0.229 e. The highest BCUT2D eigenvalue weighted by atomic mass is 35.5. The molecule has 0 saturated heterocycles. The maximum absolute atomic E-state index is 11.6. The Morgan fingerprint density at radius 1 is 1.69 bits per heavy atom. The van der Waals surface area contributed by atoms with Crippen molar-refractivity contribution in [1.82, 2.24) is 4.98 Å². The molecule has 1 rings (SSSR count). The van der Waals surface area contributed by atoms with Crippen LogP contribution in [0, 0.1) is 0 Å². The molecule has 1 heterocycles. The molecule has 0 bridgehead atoms. The lowest BCUT2D eigenvalue weighted by atomic mass is 10.1. The molecule has 0 radical (unpaired) electrons. The number of carbonyl (C=O) groups excluding carboxylic acids is 1. The van der Waals surface area contributed by atoms with Gasteiger partial charge in [-0.1, -0.05) is 0 Å². The van der Waals surface area contributed by atoms with Crippen LogP contribution in [0.1, 0.15) is 26.0 Å². The van der Waals surface area contributed by atoms with Crippen molar-refractivity contribution < 1.29 is 9.53 Å². The fourth-order valence-electron chi connectivity index (χ4n) is 1.05. The number of rotatable bonds is 5. The van der Waals surface area contributed by atoms with Crippen LogP contribution in [-0.2, 0) is 15.4 Å². The summed E-state index contributed by atoms with van der Waals surface area (Å²) in [5, 5.41) is 5.12. The zero-order valence-corrected chi connectivity index (χ0v) is 11.1. The minimum atomic E-state index is -0.462. The predicted octanol–water partition coefficient (Wildman–Crippen LogP) is 2.64. The summed E-state index contributed by atoms with van der Waals surface area (Å²) in [5.41, 5.74) is 0.310. The molecule has 0 aliphatic carbocycles. The molecule has 0 aliphatic heterocycles. The van der Waals surface area contributed by atoms with Crippen molar-refractivity contribution in [3.8, 4) is 0 Å². The first-order valence-corrected chi connectivity index (χ1v) is 6.23. The van der Waals surface area contributed by atoms with E-state index in [4.69, 9.17) is 16.3 Å². The molecule has 0 aliphatic rings. The first kappa shape index (κ1) is 13.4. The quantitative estimate of drug-likeness (QED) is 0.830. The average molecular weight is 263 g/mol. The van der Waals surface area contributed by atoms with Gasteiger partial charge in [-0.25, -0.2) is 4.98 Å². The number of carbonyl (C=O) groups is 1. The van der Waals surface area contributed by atoms with E-state index in [2.05, 4.69) is 10.3 Å². The Bertz CT molecular complexity index is 365. The van der Waals surface area contributed by atoms with Crippen molar-refractivity contribution in [1.29, 1.82) is 0 Å². The summed E-state index contributed by atoms with van der Waals surface area (Å²) in [6, 6.07) is 0. The van der Waals surface area contributed by atoms with E-state index in [0.717, 1.165) is 5.69 Å². The van der Waals surface area contributed by atoms with E-state index in [-0.39, 0.29) is 5.91 Å². The minimum Gasteiger partial charge on any atom is -0.378 e. The van der Waals surface area contributed by atoms with Gasteiger partial charge in [0.1, 0.15) is 0 Å². The Hall–Kier alpha value is -0.650. The number of amides is 1. The Labute approximate surface area is 104 Å². The van der Waals surface area contributed by atoms with E-state index in [9.17, 15) is 4.79 Å². The van der Waals surface area contributed by atoms with Crippen molar-refractivity contribution in [2.75, 3.05) is 12.4 Å². The van der Waals surface area contributed by atoms with Crippen molar-refractivity contribution in [2.24, 2.45) is 0 Å². The van der Waals surface area contributed by atoms with Gasteiger partial charge in [0.05, 0.1) is 23.6 Å². The van der Waals surface area contributed by atoms with Gasteiger partial charge in [0.15, 0.2) is 5.13 Å². The molecular formula is C10H15ClN2O2S. The monoisotopic (exact) mass is 262 g/mol. The fourth-order valence-corrected chi connectivity index (χ4v) is 2.00. The van der Waals surface area contributed by atoms with Gasteiger partial charge in [0.25, 0.3) is 0 Å². The van der Waals surface area contributed by atoms with Crippen LogP contribution in [0.15, 0.2) is 5.38 Å². The number of methoxy groups -OCH3 is 1. The number of ether oxygens (including phenoxy) is 1. The second-order valence-electron chi connectivity index (χ2n) is 3.97. The lowest BCUT2D eigenvalue weighted by Gasteiger charge is -2.21. The van der Waals surface area contributed by atoms with Crippen LogP contribution in [0.3, 0.4) is 0 Å². The van der Waals surface area contributed by atoms with Crippen LogP contribution >= 0.6 is 22.9 Å². The van der Waals surface area contributed by atoms with Crippen LogP contribution in [0.2, 0.25) is 0 Å². The normalized spacial score (nSPS) is 11.5. The van der Waals surface area contributed by atoms with E-state index in [0.29, 0.717) is 17.4 Å². The van der Waals surface area contributed by atoms with Gasteiger partial charge in [-0.15, -0.1) is 22.9 Å². The van der Waals surface area contributed by atoms with Crippen molar-refractivity contribution in [3.63, 3.8) is 0 Å². The topological polar surface area (TPSA) is 51.2 Å². The highest BCUT2D eigenvalue weighted by molar-refractivity contribution is 7.13. The molecule has 6 heteroatoms. The number of aromatic nitrogens is 1. The summed E-state index contributed by atoms with van der Waals surface area (Å²) in [7, 11) is 1.59. The molecule has 0 fully saturated rings. The fraction of sp³-hybridized carbons (Fsp3) is 0.600. The van der Waals surface area contributed by atoms with Gasteiger partial charge in [0.2, 0.25) is 5.91 Å². The number of anilines is 1. The number of nitrogens with one attached hydrogen (secondary N) is 1. The van der Waals surface area contributed by atoms with Crippen molar-refractivity contribution in [3.05, 3.63) is 11.1 Å². The molecular weight excluding hydrogens is 248 g/mol. The third kappa shape index (κ3) is 4.08. The van der Waals surface area contributed by atoms with Crippen LogP contribution in [0.5, 0.6) is 0 Å². The third-order valence-corrected chi connectivity index (χ3v) is 3.15. The van der Waals surface area contributed by atoms with Gasteiger partial charge in [-0.3, -0.25) is 4.79 Å². The molecule has 0 aromatic carbocycles. The summed E-state index contributed by atoms with van der Waals surface area (Å²) in [4.78, 5) is 15.8. The molecule has 1 amide bonds. The minimum absolute atomic E-state index is 0.109. The van der Waals surface area contributed by atoms with Gasteiger partial charge < -0.3 is 10.1 Å². The summed E-state index contributed by atoms with van der Waals surface area (Å²) >= 11 is 6.98. The number of halogens is 1. The number of hydrogen-bond donors (Lipinski definition) is 1. The molecule has 16 heavy (non-hydrogen) atoms. The number of thiazole rings is 1. The first-order chi connectivity index (χ1) is 7.46. The Kier molecular flexibility index (Phi) is 4.70. The van der Waals surface area contributed by atoms with E-state index in [1.54, 1.807) is 7.11 Å². The summed E-state index contributed by atoms with van der Waals surface area (Å²) in [6.07, 6.45) is 0.291. The highest BCUT2D eigenvalue weighted by Crippen LogP contribution is 2.19. The second-order valence-corrected chi connectivity index (χ2v) is 5.09. The predicted molar refractivity (Wildman–Crippen MR) is 66.0 cm³/mol. The molecule has 1 aromatic heterocycles. The number of nitrogens with zero attached hydrogens (tertiary/aromatic N) is 1. The number of hydrogen-bond acceptors (Lipinski definition) is 4. The lowest BCUT2D eigenvalue weighted by molar-refractivity contribution is -0.121. The van der Waals surface area contributed by atoms with Crippen molar-refractivity contribution in [2.45, 2.75) is 31.7 Å². The zero-order chi connectivity index (χ0) is 12.2. The Balaban J connectivity index is 2.51. The van der Waals surface area contributed by atoms with Gasteiger partial charge in [-0.2, -0.15) is 0 Å². The van der Waals surface area contributed by atoms with Crippen LogP contribution in [0.4, 0.5) is 5.13 Å². The van der Waals surface area contributed by atoms with Gasteiger partial charge in [0, 0.05) is 12.5 Å². The lowest BCUT2D eigenvalue weighted by Crippen LogP contribution is -2.29. The molecule has 4 nitrogen and oxygen atoms in total. The largest absolute Gasteiger partial charge is 0.378 e. The highest BCUT2D eigenvalue weighted by Gasteiger charge is 2.21. The first-order valence-electron chi connectivity index (χ1n) is 4.82. The summed E-state index contributed by atoms with van der Waals surface area (Å²) in [6.45, 7) is 3.72. The Morgan fingerprint density at radius 2 is 2.38 bits per heavy atom. The molecule has 1 N–H and O–H groups in total. The van der Waals surface area contributed by atoms with E-state index in [1.165, 1.54) is 11.3 Å². The molecule has 0 saturated carbocycles. The van der Waals surface area contributed by atoms with E-state index >= 15 is 0 Å². The Morgan fingerprint density at radius 3 is 2.88 bits per heavy atom. The number of alkyl halides is 1. The smallest absolute Gasteiger partial charge is 0.229 e. The van der Waals surface area contributed by atoms with Gasteiger partial charge in [-0.05, 0) is 13.8 Å². The average Bonchev–Trinajstić information content (AvgIpc) is 2.64. The van der Waals surface area contributed by atoms with Crippen LogP contribution < -0.4 is 5.32 Å². The molecule has 0 atom stereocenters. The standard InChI is InChI=1S/C10H15ClN2O2S/c1-10(2,15-3)4-8(14)13-9-12-7(5-11)6-16-9/h6H,4-5H2,1-3H3,(H,12,13,14). The third-order valence-electron chi connectivity index (χ3n) is 2.07. The maximum atomic E-state index is 11.6. The zero-order valence-electron chi connectivity index (χ0n) is 9.54. The summed E-state index contributed by atoms with van der Waals surface area (Å²) in [5.74, 6) is 0.248. The van der Waals surface area contributed by atoms with Crippen LogP contribution in [0.25, 0.3) is 0 Å². The molecule has 90 valence electrons. The van der Waals surface area contributed by atoms with Gasteiger partial charge >= 0.3 is 0 Å². The molecule has 1 aromatic rings. The molecule has 0 spiro atoms. The summed E-state index contributed by atoms with van der Waals surface area (Å²) < 4.78 is 5.17. The van der Waals surface area contributed by atoms with E-state index in [1.807, 2.05) is 19.2 Å². The molecule has 0 unspecified atom stereocenters. The SMILES string of the molecule is COC(C)(C)CC(=O)Nc1nc(CCl)cs1. The van der Waals surface area contributed by atoms with Crippen LogP contribution in [-0.4, -0.2) is 23.6 Å².